The first-order valence-corrected chi connectivity index (χ1v) is 8.93. The third-order valence-electron chi connectivity index (χ3n) is 3.28. The SMILES string of the molecule is Clc1ccc(CNCc2ncc(-c3ccccc3Cl)s2)cc1Cl. The van der Waals surface area contributed by atoms with Gasteiger partial charge in [0, 0.05) is 29.9 Å². The van der Waals surface area contributed by atoms with E-state index < -0.39 is 0 Å². The summed E-state index contributed by atoms with van der Waals surface area (Å²) < 4.78 is 0. The highest BCUT2D eigenvalue weighted by atomic mass is 35.5. The molecule has 0 unspecified atom stereocenters. The lowest BCUT2D eigenvalue weighted by Gasteiger charge is -2.04. The van der Waals surface area contributed by atoms with Gasteiger partial charge in [0.25, 0.3) is 0 Å². The van der Waals surface area contributed by atoms with E-state index in [-0.39, 0.29) is 0 Å². The minimum atomic E-state index is 0.569. The van der Waals surface area contributed by atoms with Crippen molar-refractivity contribution < 1.29 is 0 Å². The van der Waals surface area contributed by atoms with Crippen molar-refractivity contribution in [3.05, 3.63) is 74.3 Å². The molecule has 1 aromatic heterocycles. The molecule has 0 spiro atoms. The Balaban J connectivity index is 1.61. The summed E-state index contributed by atoms with van der Waals surface area (Å²) in [6.45, 7) is 1.40. The molecule has 0 saturated carbocycles. The van der Waals surface area contributed by atoms with Crippen molar-refractivity contribution in [2.24, 2.45) is 0 Å². The standard InChI is InChI=1S/C17H13Cl3N2S/c18-13-4-2-1-3-12(13)16-9-22-17(23-16)10-21-8-11-5-6-14(19)15(20)7-11/h1-7,9,21H,8,10H2. The molecule has 0 atom stereocenters. The van der Waals surface area contributed by atoms with Gasteiger partial charge in [-0.2, -0.15) is 0 Å². The van der Waals surface area contributed by atoms with Gasteiger partial charge in [0.05, 0.1) is 14.9 Å². The molecule has 0 aliphatic heterocycles. The molecule has 118 valence electrons. The Hall–Kier alpha value is -1.10. The molecule has 0 fully saturated rings. The van der Waals surface area contributed by atoms with Crippen LogP contribution in [0.15, 0.2) is 48.7 Å². The Morgan fingerprint density at radius 1 is 0.913 bits per heavy atom. The first-order chi connectivity index (χ1) is 11.1. The third kappa shape index (κ3) is 4.25. The van der Waals surface area contributed by atoms with E-state index in [0.29, 0.717) is 23.1 Å². The number of hydrogen-bond donors (Lipinski definition) is 1. The van der Waals surface area contributed by atoms with E-state index in [0.717, 1.165) is 26.0 Å². The summed E-state index contributed by atoms with van der Waals surface area (Å²) in [5, 5.41) is 6.25. The van der Waals surface area contributed by atoms with Crippen LogP contribution < -0.4 is 5.32 Å². The first kappa shape index (κ1) is 16.7. The highest BCUT2D eigenvalue weighted by Crippen LogP contribution is 2.31. The van der Waals surface area contributed by atoms with E-state index in [2.05, 4.69) is 10.3 Å². The van der Waals surface area contributed by atoms with Crippen molar-refractivity contribution >= 4 is 46.1 Å². The Labute approximate surface area is 154 Å². The molecule has 0 saturated heterocycles. The van der Waals surface area contributed by atoms with Crippen molar-refractivity contribution in [3.8, 4) is 10.4 Å². The first-order valence-electron chi connectivity index (χ1n) is 6.98. The molecule has 3 rings (SSSR count). The van der Waals surface area contributed by atoms with E-state index in [1.807, 2.05) is 42.6 Å². The van der Waals surface area contributed by atoms with Gasteiger partial charge in [-0.1, -0.05) is 59.1 Å². The summed E-state index contributed by atoms with van der Waals surface area (Å²) in [6, 6.07) is 13.4. The summed E-state index contributed by atoms with van der Waals surface area (Å²) >= 11 is 19.8. The predicted molar refractivity (Wildman–Crippen MR) is 99.6 cm³/mol. The number of thiazole rings is 1. The minimum absolute atomic E-state index is 0.569. The zero-order chi connectivity index (χ0) is 16.2. The van der Waals surface area contributed by atoms with E-state index in [9.17, 15) is 0 Å². The number of benzene rings is 2. The summed E-state index contributed by atoms with van der Waals surface area (Å²) in [6.07, 6.45) is 1.86. The van der Waals surface area contributed by atoms with Crippen LogP contribution in [0.3, 0.4) is 0 Å². The summed E-state index contributed by atoms with van der Waals surface area (Å²) in [5.41, 5.74) is 2.10. The van der Waals surface area contributed by atoms with Gasteiger partial charge < -0.3 is 5.32 Å². The molecule has 6 heteroatoms. The molecule has 2 nitrogen and oxygen atoms in total. The van der Waals surface area contributed by atoms with E-state index in [1.54, 1.807) is 17.4 Å². The maximum absolute atomic E-state index is 6.22. The van der Waals surface area contributed by atoms with E-state index in [1.165, 1.54) is 0 Å². The van der Waals surface area contributed by atoms with Crippen LogP contribution >= 0.6 is 46.1 Å². The maximum Gasteiger partial charge on any atom is 0.107 e. The van der Waals surface area contributed by atoms with E-state index >= 15 is 0 Å². The van der Waals surface area contributed by atoms with Crippen LogP contribution in [0.5, 0.6) is 0 Å². The lowest BCUT2D eigenvalue weighted by Crippen LogP contribution is -2.12. The topological polar surface area (TPSA) is 24.9 Å². The summed E-state index contributed by atoms with van der Waals surface area (Å²) in [7, 11) is 0. The van der Waals surface area contributed by atoms with Gasteiger partial charge in [0.2, 0.25) is 0 Å². The zero-order valence-corrected chi connectivity index (χ0v) is 15.1. The summed E-state index contributed by atoms with van der Waals surface area (Å²) in [4.78, 5) is 5.52. The second kappa shape index (κ2) is 7.65. The second-order valence-electron chi connectivity index (χ2n) is 4.95. The van der Waals surface area contributed by atoms with Gasteiger partial charge in [-0.15, -0.1) is 11.3 Å². The molecule has 3 aromatic rings. The van der Waals surface area contributed by atoms with Crippen LogP contribution in [0.4, 0.5) is 0 Å². The van der Waals surface area contributed by atoms with Crippen LogP contribution in [0.1, 0.15) is 10.6 Å². The van der Waals surface area contributed by atoms with Gasteiger partial charge >= 0.3 is 0 Å². The second-order valence-corrected chi connectivity index (χ2v) is 7.29. The number of hydrogen-bond acceptors (Lipinski definition) is 3. The van der Waals surface area contributed by atoms with Crippen LogP contribution in [-0.4, -0.2) is 4.98 Å². The molecular formula is C17H13Cl3N2S. The molecular weight excluding hydrogens is 371 g/mol. The monoisotopic (exact) mass is 382 g/mol. The van der Waals surface area contributed by atoms with Crippen LogP contribution in [0, 0.1) is 0 Å². The van der Waals surface area contributed by atoms with Crippen LogP contribution in [0.2, 0.25) is 15.1 Å². The van der Waals surface area contributed by atoms with E-state index in [4.69, 9.17) is 34.8 Å². The number of nitrogens with one attached hydrogen (secondary N) is 1. The molecule has 2 aromatic carbocycles. The van der Waals surface area contributed by atoms with Crippen molar-refractivity contribution in [1.82, 2.24) is 10.3 Å². The molecule has 0 aliphatic rings. The maximum atomic E-state index is 6.22. The molecule has 0 radical (unpaired) electrons. The minimum Gasteiger partial charge on any atom is -0.306 e. The van der Waals surface area contributed by atoms with Crippen LogP contribution in [-0.2, 0) is 13.1 Å². The number of nitrogens with zero attached hydrogens (tertiary/aromatic N) is 1. The van der Waals surface area contributed by atoms with Crippen molar-refractivity contribution in [1.29, 1.82) is 0 Å². The lowest BCUT2D eigenvalue weighted by atomic mass is 10.2. The highest BCUT2D eigenvalue weighted by molar-refractivity contribution is 7.15. The number of rotatable bonds is 5. The largest absolute Gasteiger partial charge is 0.306 e. The average molecular weight is 384 g/mol. The quantitative estimate of drug-likeness (QED) is 0.579. The normalized spacial score (nSPS) is 10.9. The van der Waals surface area contributed by atoms with Gasteiger partial charge in [-0.25, -0.2) is 4.98 Å². The Bertz CT molecular complexity index is 817. The predicted octanol–water partition coefficient (Wildman–Crippen LogP) is 6.06. The van der Waals surface area contributed by atoms with Crippen molar-refractivity contribution in [3.63, 3.8) is 0 Å². The molecule has 0 aliphatic carbocycles. The zero-order valence-electron chi connectivity index (χ0n) is 12.0. The van der Waals surface area contributed by atoms with Crippen molar-refractivity contribution in [2.75, 3.05) is 0 Å². The highest BCUT2D eigenvalue weighted by Gasteiger charge is 2.07. The number of halogens is 3. The molecule has 0 amide bonds. The lowest BCUT2D eigenvalue weighted by molar-refractivity contribution is 0.690. The Morgan fingerprint density at radius 3 is 2.52 bits per heavy atom. The number of aromatic nitrogens is 1. The fourth-order valence-electron chi connectivity index (χ4n) is 2.14. The van der Waals surface area contributed by atoms with Gasteiger partial charge in [-0.3, -0.25) is 0 Å². The van der Waals surface area contributed by atoms with Crippen LogP contribution in [0.25, 0.3) is 10.4 Å². The Kier molecular flexibility index (Phi) is 5.57. The van der Waals surface area contributed by atoms with Gasteiger partial charge in [0.1, 0.15) is 5.01 Å². The Morgan fingerprint density at radius 2 is 1.74 bits per heavy atom. The average Bonchev–Trinajstić information content (AvgIpc) is 3.00. The molecule has 23 heavy (non-hydrogen) atoms. The third-order valence-corrected chi connectivity index (χ3v) is 5.38. The molecule has 1 heterocycles. The smallest absolute Gasteiger partial charge is 0.107 e. The summed E-state index contributed by atoms with van der Waals surface area (Å²) in [5.74, 6) is 0. The van der Waals surface area contributed by atoms with Gasteiger partial charge in [-0.05, 0) is 23.8 Å². The fraction of sp³-hybridized carbons (Fsp3) is 0.118. The van der Waals surface area contributed by atoms with Crippen molar-refractivity contribution in [2.45, 2.75) is 13.1 Å². The fourth-order valence-corrected chi connectivity index (χ4v) is 3.68. The van der Waals surface area contributed by atoms with Gasteiger partial charge in [0.15, 0.2) is 0 Å². The molecule has 0 bridgehead atoms. The molecule has 1 N–H and O–H groups in total.